The number of anilines is 1. The molecule has 100 valence electrons. The van der Waals surface area contributed by atoms with Crippen LogP contribution in [0.5, 0.6) is 0 Å². The Hall–Kier alpha value is -1.06. The molecule has 0 amide bonds. The van der Waals surface area contributed by atoms with Crippen molar-refractivity contribution in [2.75, 3.05) is 18.0 Å². The molecule has 18 heavy (non-hydrogen) atoms. The van der Waals surface area contributed by atoms with Gasteiger partial charge in [-0.3, -0.25) is 0 Å². The quantitative estimate of drug-likeness (QED) is 0.846. The lowest BCUT2D eigenvalue weighted by atomic mass is 9.98. The van der Waals surface area contributed by atoms with Crippen molar-refractivity contribution in [2.45, 2.75) is 44.8 Å². The molecule has 1 aliphatic heterocycles. The molecule has 1 saturated heterocycles. The van der Waals surface area contributed by atoms with E-state index in [4.69, 9.17) is 0 Å². The summed E-state index contributed by atoms with van der Waals surface area (Å²) < 4.78 is 0. The van der Waals surface area contributed by atoms with E-state index in [2.05, 4.69) is 11.0 Å². The third-order valence-electron chi connectivity index (χ3n) is 3.79. The Kier molecular flexibility index (Phi) is 3.93. The number of aliphatic hydroxyl groups is 2. The van der Waals surface area contributed by atoms with E-state index >= 15 is 0 Å². The Morgan fingerprint density at radius 1 is 1.22 bits per heavy atom. The van der Waals surface area contributed by atoms with Gasteiger partial charge in [0.2, 0.25) is 0 Å². The van der Waals surface area contributed by atoms with Gasteiger partial charge < -0.3 is 15.1 Å². The molecule has 1 aromatic rings. The fourth-order valence-electron chi connectivity index (χ4n) is 2.63. The molecule has 1 heterocycles. The zero-order chi connectivity index (χ0) is 13.2. The Balaban J connectivity index is 2.21. The van der Waals surface area contributed by atoms with Crippen molar-refractivity contribution in [3.05, 3.63) is 29.8 Å². The van der Waals surface area contributed by atoms with Crippen LogP contribution in [-0.2, 0) is 0 Å². The third kappa shape index (κ3) is 3.03. The maximum absolute atomic E-state index is 10.1. The second-order valence-electron chi connectivity index (χ2n) is 5.57. The number of hydrogen-bond donors (Lipinski definition) is 2. The van der Waals surface area contributed by atoms with E-state index in [1.54, 1.807) is 6.92 Å². The number of hydrogen-bond acceptors (Lipinski definition) is 3. The molecule has 0 spiro atoms. The van der Waals surface area contributed by atoms with Crippen LogP contribution in [0.25, 0.3) is 0 Å². The highest BCUT2D eigenvalue weighted by Gasteiger charge is 2.26. The number of rotatable bonds is 2. The number of para-hydroxylation sites is 1. The molecule has 0 radical (unpaired) electrons. The summed E-state index contributed by atoms with van der Waals surface area (Å²) in [6.07, 6.45) is 2.16. The first-order chi connectivity index (χ1) is 8.49. The molecule has 2 rings (SSSR count). The minimum absolute atomic E-state index is 0.454. The fourth-order valence-corrected chi connectivity index (χ4v) is 2.63. The van der Waals surface area contributed by atoms with Crippen LogP contribution in [0, 0.1) is 0 Å². The van der Waals surface area contributed by atoms with Gasteiger partial charge in [0.05, 0.1) is 11.7 Å². The maximum Gasteiger partial charge on any atom is 0.0781 e. The van der Waals surface area contributed by atoms with Crippen molar-refractivity contribution < 1.29 is 10.2 Å². The molecule has 3 heteroatoms. The average Bonchev–Trinajstić information content (AvgIpc) is 2.50. The normalized spacial score (nSPS) is 26.8. The van der Waals surface area contributed by atoms with Crippen LogP contribution in [0.15, 0.2) is 24.3 Å². The number of benzene rings is 1. The zero-order valence-electron chi connectivity index (χ0n) is 11.3. The summed E-state index contributed by atoms with van der Waals surface area (Å²) in [6.45, 7) is 5.50. The van der Waals surface area contributed by atoms with Crippen molar-refractivity contribution in [3.8, 4) is 0 Å². The highest BCUT2D eigenvalue weighted by Crippen LogP contribution is 2.30. The Labute approximate surface area is 109 Å². The van der Waals surface area contributed by atoms with Gasteiger partial charge in [0.15, 0.2) is 0 Å². The van der Waals surface area contributed by atoms with Gasteiger partial charge in [-0.1, -0.05) is 18.2 Å². The largest absolute Gasteiger partial charge is 0.390 e. The molecule has 0 saturated carbocycles. The lowest BCUT2D eigenvalue weighted by Crippen LogP contribution is -2.29. The predicted molar refractivity (Wildman–Crippen MR) is 73.8 cm³/mol. The van der Waals surface area contributed by atoms with Crippen LogP contribution in [-0.4, -0.2) is 28.9 Å². The average molecular weight is 249 g/mol. The summed E-state index contributed by atoms with van der Waals surface area (Å²) in [5.41, 5.74) is 1.53. The molecule has 1 aliphatic rings. The van der Waals surface area contributed by atoms with Gasteiger partial charge in [0.25, 0.3) is 0 Å². The van der Waals surface area contributed by atoms with Gasteiger partial charge in [-0.25, -0.2) is 0 Å². The smallest absolute Gasteiger partial charge is 0.0781 e. The summed E-state index contributed by atoms with van der Waals surface area (Å²) in [7, 11) is 0. The van der Waals surface area contributed by atoms with Crippen LogP contribution in [0.3, 0.4) is 0 Å². The summed E-state index contributed by atoms with van der Waals surface area (Å²) >= 11 is 0. The molecule has 3 nitrogen and oxygen atoms in total. The van der Waals surface area contributed by atoms with Crippen LogP contribution >= 0.6 is 0 Å². The topological polar surface area (TPSA) is 43.7 Å². The second kappa shape index (κ2) is 5.29. The van der Waals surface area contributed by atoms with Gasteiger partial charge in [-0.05, 0) is 39.2 Å². The van der Waals surface area contributed by atoms with E-state index in [0.717, 1.165) is 43.6 Å². The predicted octanol–water partition coefficient (Wildman–Crippen LogP) is 2.48. The SMILES string of the molecule is C[C@@H](O)c1ccccc1N1CCCC(C)(O)CC1. The molecule has 0 bridgehead atoms. The first-order valence-corrected chi connectivity index (χ1v) is 6.74. The minimum Gasteiger partial charge on any atom is -0.390 e. The lowest BCUT2D eigenvalue weighted by Gasteiger charge is -2.27. The van der Waals surface area contributed by atoms with Gasteiger partial charge in [-0.15, -0.1) is 0 Å². The standard InChI is InChI=1S/C15H23NO2/c1-12(17)13-6-3-4-7-14(13)16-10-5-8-15(2,18)9-11-16/h3-4,6-7,12,17-18H,5,8-11H2,1-2H3/t12-,15?/m1/s1. The van der Waals surface area contributed by atoms with Gasteiger partial charge in [0, 0.05) is 24.3 Å². The third-order valence-corrected chi connectivity index (χ3v) is 3.79. The van der Waals surface area contributed by atoms with Crippen LogP contribution in [0.1, 0.15) is 44.8 Å². The molecule has 2 N–H and O–H groups in total. The van der Waals surface area contributed by atoms with Gasteiger partial charge in [-0.2, -0.15) is 0 Å². The van der Waals surface area contributed by atoms with Crippen LogP contribution < -0.4 is 4.90 Å². The van der Waals surface area contributed by atoms with Crippen LogP contribution in [0.2, 0.25) is 0 Å². The minimum atomic E-state index is -0.547. The lowest BCUT2D eigenvalue weighted by molar-refractivity contribution is 0.0481. The van der Waals surface area contributed by atoms with E-state index in [1.807, 2.05) is 25.1 Å². The van der Waals surface area contributed by atoms with E-state index in [9.17, 15) is 10.2 Å². The van der Waals surface area contributed by atoms with Crippen molar-refractivity contribution in [2.24, 2.45) is 0 Å². The summed E-state index contributed by atoms with van der Waals surface area (Å²) in [5.74, 6) is 0. The van der Waals surface area contributed by atoms with Gasteiger partial charge >= 0.3 is 0 Å². The van der Waals surface area contributed by atoms with E-state index < -0.39 is 11.7 Å². The zero-order valence-corrected chi connectivity index (χ0v) is 11.3. The second-order valence-corrected chi connectivity index (χ2v) is 5.57. The first kappa shape index (κ1) is 13.4. The van der Waals surface area contributed by atoms with E-state index in [1.165, 1.54) is 0 Å². The first-order valence-electron chi connectivity index (χ1n) is 6.74. The molecule has 2 atom stereocenters. The molecule has 0 aromatic heterocycles. The number of aliphatic hydroxyl groups excluding tert-OH is 1. The molecule has 0 aliphatic carbocycles. The molecule has 1 unspecified atom stereocenters. The van der Waals surface area contributed by atoms with Crippen molar-refractivity contribution in [1.82, 2.24) is 0 Å². The Morgan fingerprint density at radius 2 is 1.94 bits per heavy atom. The van der Waals surface area contributed by atoms with Crippen molar-refractivity contribution >= 4 is 5.69 Å². The fraction of sp³-hybridized carbons (Fsp3) is 0.600. The number of nitrogens with zero attached hydrogens (tertiary/aromatic N) is 1. The molecule has 1 aromatic carbocycles. The summed E-state index contributed by atoms with van der Waals surface area (Å²) in [5, 5.41) is 20.0. The maximum atomic E-state index is 10.1. The van der Waals surface area contributed by atoms with E-state index in [-0.39, 0.29) is 0 Å². The molecular weight excluding hydrogens is 226 g/mol. The van der Waals surface area contributed by atoms with E-state index in [0.29, 0.717) is 0 Å². The van der Waals surface area contributed by atoms with Crippen molar-refractivity contribution in [3.63, 3.8) is 0 Å². The highest BCUT2D eigenvalue weighted by atomic mass is 16.3. The van der Waals surface area contributed by atoms with Gasteiger partial charge in [0.1, 0.15) is 0 Å². The van der Waals surface area contributed by atoms with Crippen molar-refractivity contribution in [1.29, 1.82) is 0 Å². The highest BCUT2D eigenvalue weighted by molar-refractivity contribution is 5.54. The summed E-state index contributed by atoms with van der Waals surface area (Å²) in [4.78, 5) is 2.28. The Morgan fingerprint density at radius 3 is 2.67 bits per heavy atom. The molecular formula is C15H23NO2. The Bertz CT molecular complexity index is 401. The monoisotopic (exact) mass is 249 g/mol. The molecule has 1 fully saturated rings. The summed E-state index contributed by atoms with van der Waals surface area (Å²) in [6, 6.07) is 7.99. The van der Waals surface area contributed by atoms with Crippen LogP contribution in [0.4, 0.5) is 5.69 Å².